The largest absolute Gasteiger partial charge is 0.490 e. The van der Waals surface area contributed by atoms with Crippen LogP contribution in [0.5, 0.6) is 11.5 Å². The van der Waals surface area contributed by atoms with Crippen molar-refractivity contribution in [1.82, 2.24) is 4.90 Å². The molecule has 1 amide bonds. The summed E-state index contributed by atoms with van der Waals surface area (Å²) in [4.78, 5) is 14.8. The second kappa shape index (κ2) is 8.31. The molecule has 4 rings (SSSR count). The van der Waals surface area contributed by atoms with Crippen molar-refractivity contribution in [2.24, 2.45) is 0 Å². The van der Waals surface area contributed by atoms with Crippen molar-refractivity contribution in [2.75, 3.05) is 31.6 Å². The van der Waals surface area contributed by atoms with Gasteiger partial charge < -0.3 is 14.8 Å². The number of ether oxygens (including phenoxy) is 2. The first kappa shape index (κ1) is 18.3. The number of nitrogens with zero attached hydrogens (tertiary/aromatic N) is 1. The van der Waals surface area contributed by atoms with Crippen LogP contribution in [0, 0.1) is 0 Å². The lowest BCUT2D eigenvalue weighted by Crippen LogP contribution is -2.32. The molecule has 2 aromatic rings. The number of fused-ring (bicyclic) bond motifs is 1. The molecule has 5 nitrogen and oxygen atoms in total. The van der Waals surface area contributed by atoms with Crippen LogP contribution in [0.15, 0.2) is 46.9 Å². The highest BCUT2D eigenvalue weighted by molar-refractivity contribution is 9.10. The van der Waals surface area contributed by atoms with Crippen LogP contribution in [0.4, 0.5) is 5.69 Å². The Hall–Kier alpha value is -2.05. The van der Waals surface area contributed by atoms with Gasteiger partial charge in [0, 0.05) is 22.6 Å². The predicted octanol–water partition coefficient (Wildman–Crippen LogP) is 4.39. The fraction of sp³-hybridized carbons (Fsp3) is 0.381. The van der Waals surface area contributed by atoms with Crippen molar-refractivity contribution in [3.8, 4) is 11.5 Å². The molecule has 1 unspecified atom stereocenters. The van der Waals surface area contributed by atoms with E-state index in [2.05, 4.69) is 38.3 Å². The standard InChI is InChI=1S/C21H23BrN2O3/c22-16-4-1-5-17(13-16)23-21(25)14-24-9-2-6-18(24)15-7-8-19-20(12-15)27-11-3-10-26-19/h1,4-5,7-8,12-13,18H,2-3,6,9-11,14H2,(H,23,25). The topological polar surface area (TPSA) is 50.8 Å². The van der Waals surface area contributed by atoms with E-state index < -0.39 is 0 Å². The van der Waals surface area contributed by atoms with Crippen molar-refractivity contribution in [3.05, 3.63) is 52.5 Å². The number of carbonyl (C=O) groups is 1. The summed E-state index contributed by atoms with van der Waals surface area (Å²) in [5, 5.41) is 2.98. The third-order valence-electron chi connectivity index (χ3n) is 4.98. The van der Waals surface area contributed by atoms with E-state index >= 15 is 0 Å². The van der Waals surface area contributed by atoms with Gasteiger partial charge in [-0.2, -0.15) is 0 Å². The van der Waals surface area contributed by atoms with Crippen LogP contribution in [-0.4, -0.2) is 37.1 Å². The van der Waals surface area contributed by atoms with Gasteiger partial charge in [0.05, 0.1) is 19.8 Å². The molecule has 1 saturated heterocycles. The molecule has 2 aromatic carbocycles. The lowest BCUT2D eigenvalue weighted by atomic mass is 10.0. The fourth-order valence-corrected chi connectivity index (χ4v) is 4.13. The lowest BCUT2D eigenvalue weighted by Gasteiger charge is -2.25. The Kier molecular flexibility index (Phi) is 5.64. The van der Waals surface area contributed by atoms with Gasteiger partial charge in [-0.1, -0.05) is 28.1 Å². The molecule has 1 atom stereocenters. The molecular weight excluding hydrogens is 408 g/mol. The zero-order chi connectivity index (χ0) is 18.6. The van der Waals surface area contributed by atoms with Crippen LogP contribution in [0.1, 0.15) is 30.9 Å². The molecule has 0 bridgehead atoms. The summed E-state index contributed by atoms with van der Waals surface area (Å²) >= 11 is 3.43. The van der Waals surface area contributed by atoms with E-state index in [1.165, 1.54) is 5.56 Å². The lowest BCUT2D eigenvalue weighted by molar-refractivity contribution is -0.117. The highest BCUT2D eigenvalue weighted by Gasteiger charge is 2.28. The van der Waals surface area contributed by atoms with Gasteiger partial charge in [0.15, 0.2) is 11.5 Å². The average Bonchev–Trinajstić information content (AvgIpc) is 2.97. The smallest absolute Gasteiger partial charge is 0.238 e. The predicted molar refractivity (Wildman–Crippen MR) is 108 cm³/mol. The van der Waals surface area contributed by atoms with E-state index in [0.717, 1.165) is 47.5 Å². The number of anilines is 1. The van der Waals surface area contributed by atoms with Gasteiger partial charge in [-0.15, -0.1) is 0 Å². The maximum atomic E-state index is 12.5. The van der Waals surface area contributed by atoms with Crippen molar-refractivity contribution >= 4 is 27.5 Å². The third kappa shape index (κ3) is 4.45. The van der Waals surface area contributed by atoms with E-state index in [4.69, 9.17) is 9.47 Å². The number of halogens is 1. The van der Waals surface area contributed by atoms with Gasteiger partial charge in [0.1, 0.15) is 0 Å². The molecular formula is C21H23BrN2O3. The zero-order valence-corrected chi connectivity index (χ0v) is 16.7. The Labute approximate surface area is 167 Å². The minimum Gasteiger partial charge on any atom is -0.490 e. The Morgan fingerprint density at radius 2 is 1.96 bits per heavy atom. The van der Waals surface area contributed by atoms with Crippen molar-refractivity contribution in [3.63, 3.8) is 0 Å². The zero-order valence-electron chi connectivity index (χ0n) is 15.1. The summed E-state index contributed by atoms with van der Waals surface area (Å²) in [7, 11) is 0. The maximum absolute atomic E-state index is 12.5. The molecule has 2 aliphatic heterocycles. The molecule has 6 heteroatoms. The van der Waals surface area contributed by atoms with E-state index in [1.54, 1.807) is 0 Å². The summed E-state index contributed by atoms with van der Waals surface area (Å²) < 4.78 is 12.5. The number of nitrogens with one attached hydrogen (secondary N) is 1. The maximum Gasteiger partial charge on any atom is 0.238 e. The first-order chi connectivity index (χ1) is 13.2. The molecule has 27 heavy (non-hydrogen) atoms. The quantitative estimate of drug-likeness (QED) is 0.781. The van der Waals surface area contributed by atoms with Crippen LogP contribution in [0.2, 0.25) is 0 Å². The summed E-state index contributed by atoms with van der Waals surface area (Å²) in [6.07, 6.45) is 3.03. The molecule has 0 aliphatic carbocycles. The Bertz CT molecular complexity index is 827. The molecule has 2 heterocycles. The summed E-state index contributed by atoms with van der Waals surface area (Å²) in [6, 6.07) is 14.1. The SMILES string of the molecule is O=C(CN1CCCC1c1ccc2c(c1)OCCCO2)Nc1cccc(Br)c1. The van der Waals surface area contributed by atoms with Crippen LogP contribution < -0.4 is 14.8 Å². The third-order valence-corrected chi connectivity index (χ3v) is 5.47. The highest BCUT2D eigenvalue weighted by atomic mass is 79.9. The normalized spacial score (nSPS) is 19.5. The number of carbonyl (C=O) groups excluding carboxylic acids is 1. The monoisotopic (exact) mass is 430 g/mol. The second-order valence-corrected chi connectivity index (χ2v) is 7.86. The van der Waals surface area contributed by atoms with Crippen LogP contribution in [0.25, 0.3) is 0 Å². The molecule has 1 N–H and O–H groups in total. The Morgan fingerprint density at radius 1 is 1.11 bits per heavy atom. The number of hydrogen-bond acceptors (Lipinski definition) is 4. The molecule has 0 aromatic heterocycles. The van der Waals surface area contributed by atoms with Crippen LogP contribution in [0.3, 0.4) is 0 Å². The Balaban J connectivity index is 1.44. The first-order valence-electron chi connectivity index (χ1n) is 9.38. The first-order valence-corrected chi connectivity index (χ1v) is 10.2. The van der Waals surface area contributed by atoms with Crippen molar-refractivity contribution in [1.29, 1.82) is 0 Å². The number of rotatable bonds is 4. The molecule has 0 spiro atoms. The molecule has 1 fully saturated rings. The summed E-state index contributed by atoms with van der Waals surface area (Å²) in [6.45, 7) is 2.67. The summed E-state index contributed by atoms with van der Waals surface area (Å²) in [5.74, 6) is 1.64. The number of likely N-dealkylation sites (tertiary alicyclic amines) is 1. The van der Waals surface area contributed by atoms with Gasteiger partial charge in [-0.25, -0.2) is 0 Å². The molecule has 0 radical (unpaired) electrons. The van der Waals surface area contributed by atoms with E-state index in [-0.39, 0.29) is 11.9 Å². The van der Waals surface area contributed by atoms with E-state index in [9.17, 15) is 4.79 Å². The number of amides is 1. The van der Waals surface area contributed by atoms with Gasteiger partial charge in [0.25, 0.3) is 0 Å². The van der Waals surface area contributed by atoms with Crippen LogP contribution >= 0.6 is 15.9 Å². The summed E-state index contributed by atoms with van der Waals surface area (Å²) in [5.41, 5.74) is 1.99. The van der Waals surface area contributed by atoms with Crippen LogP contribution in [-0.2, 0) is 4.79 Å². The molecule has 142 valence electrons. The van der Waals surface area contributed by atoms with Gasteiger partial charge in [-0.3, -0.25) is 9.69 Å². The highest BCUT2D eigenvalue weighted by Crippen LogP contribution is 2.37. The minimum absolute atomic E-state index is 0.00865. The molecule has 0 saturated carbocycles. The van der Waals surface area contributed by atoms with Gasteiger partial charge >= 0.3 is 0 Å². The van der Waals surface area contributed by atoms with E-state index in [1.807, 2.05) is 30.3 Å². The fourth-order valence-electron chi connectivity index (χ4n) is 3.73. The second-order valence-electron chi connectivity index (χ2n) is 6.94. The van der Waals surface area contributed by atoms with Gasteiger partial charge in [-0.05, 0) is 55.3 Å². The van der Waals surface area contributed by atoms with Crippen molar-refractivity contribution < 1.29 is 14.3 Å². The number of hydrogen-bond donors (Lipinski definition) is 1. The Morgan fingerprint density at radius 3 is 2.81 bits per heavy atom. The minimum atomic E-state index is 0.00865. The molecule has 2 aliphatic rings. The number of benzene rings is 2. The van der Waals surface area contributed by atoms with Gasteiger partial charge in [0.2, 0.25) is 5.91 Å². The van der Waals surface area contributed by atoms with Crippen molar-refractivity contribution in [2.45, 2.75) is 25.3 Å². The average molecular weight is 431 g/mol. The van der Waals surface area contributed by atoms with E-state index in [0.29, 0.717) is 19.8 Å².